The molecule has 1 heteroatoms. The molecule has 0 spiro atoms. The summed E-state index contributed by atoms with van der Waals surface area (Å²) < 4.78 is 0. The molecule has 0 bridgehead atoms. The van der Waals surface area contributed by atoms with E-state index >= 15 is 0 Å². The zero-order valence-corrected chi connectivity index (χ0v) is 6.91. The molecule has 0 heterocycles. The zero-order valence-electron chi connectivity index (χ0n) is 6.91. The summed E-state index contributed by atoms with van der Waals surface area (Å²) in [6, 6.07) is 0. The van der Waals surface area contributed by atoms with Gasteiger partial charge < -0.3 is 5.73 Å². The summed E-state index contributed by atoms with van der Waals surface area (Å²) in [6.07, 6.45) is 4.78. The fourth-order valence-corrected chi connectivity index (χ4v) is 0.757. The third kappa shape index (κ3) is 4.46. The van der Waals surface area contributed by atoms with Gasteiger partial charge in [0.05, 0.1) is 0 Å². The zero-order chi connectivity index (χ0) is 7.33. The molecule has 0 saturated carbocycles. The molecule has 0 fully saturated rings. The Morgan fingerprint density at radius 3 is 2.22 bits per heavy atom. The molecule has 0 aliphatic heterocycles. The van der Waals surface area contributed by atoms with Crippen molar-refractivity contribution < 1.29 is 0 Å². The van der Waals surface area contributed by atoms with Gasteiger partial charge in [0.2, 0.25) is 0 Å². The van der Waals surface area contributed by atoms with E-state index in [0.29, 0.717) is 0 Å². The van der Waals surface area contributed by atoms with Gasteiger partial charge in [-0.2, -0.15) is 0 Å². The third-order valence-corrected chi connectivity index (χ3v) is 1.91. The van der Waals surface area contributed by atoms with Gasteiger partial charge in [-0.05, 0) is 19.8 Å². The topological polar surface area (TPSA) is 26.0 Å². The smallest absolute Gasteiger partial charge is 0.0123 e. The first-order valence-corrected chi connectivity index (χ1v) is 3.91. The molecule has 0 rings (SSSR count). The quantitative estimate of drug-likeness (QED) is 0.619. The van der Waals surface area contributed by atoms with Crippen molar-refractivity contribution in [2.45, 2.75) is 52.0 Å². The third-order valence-electron chi connectivity index (χ3n) is 1.91. The van der Waals surface area contributed by atoms with Gasteiger partial charge in [0.25, 0.3) is 0 Å². The van der Waals surface area contributed by atoms with E-state index in [1.165, 1.54) is 19.3 Å². The van der Waals surface area contributed by atoms with Crippen molar-refractivity contribution in [2.75, 3.05) is 0 Å². The van der Waals surface area contributed by atoms with E-state index in [-0.39, 0.29) is 5.54 Å². The first-order chi connectivity index (χ1) is 4.12. The highest BCUT2D eigenvalue weighted by Crippen LogP contribution is 2.13. The highest BCUT2D eigenvalue weighted by atomic mass is 14.7. The van der Waals surface area contributed by atoms with Crippen molar-refractivity contribution >= 4 is 0 Å². The van der Waals surface area contributed by atoms with Crippen LogP contribution in [0.2, 0.25) is 0 Å². The Morgan fingerprint density at radius 1 is 1.33 bits per heavy atom. The molecule has 0 radical (unpaired) electrons. The molecule has 0 aromatic heterocycles. The Bertz CT molecular complexity index is 67.0. The molecule has 0 amide bonds. The van der Waals surface area contributed by atoms with Crippen LogP contribution in [-0.2, 0) is 0 Å². The summed E-state index contributed by atoms with van der Waals surface area (Å²) in [4.78, 5) is 0. The van der Waals surface area contributed by atoms with Gasteiger partial charge in [0.1, 0.15) is 0 Å². The fourth-order valence-electron chi connectivity index (χ4n) is 0.757. The maximum Gasteiger partial charge on any atom is 0.0123 e. The van der Waals surface area contributed by atoms with Crippen molar-refractivity contribution in [3.63, 3.8) is 0 Å². The number of hydrogen-bond acceptors (Lipinski definition) is 1. The molecule has 1 atom stereocenters. The van der Waals surface area contributed by atoms with Crippen LogP contribution in [0.15, 0.2) is 0 Å². The van der Waals surface area contributed by atoms with Crippen molar-refractivity contribution in [3.05, 3.63) is 0 Å². The second kappa shape index (κ2) is 3.89. The molecule has 9 heavy (non-hydrogen) atoms. The Kier molecular flexibility index (Phi) is 3.87. The Balaban J connectivity index is 3.33. The van der Waals surface area contributed by atoms with Crippen LogP contribution in [0.25, 0.3) is 0 Å². The molecule has 2 N–H and O–H groups in total. The minimum atomic E-state index is 0.0933. The minimum absolute atomic E-state index is 0.0933. The normalized spacial score (nSPS) is 17.3. The number of nitrogens with two attached hydrogens (primary N) is 1. The van der Waals surface area contributed by atoms with E-state index < -0.39 is 0 Å². The van der Waals surface area contributed by atoms with Gasteiger partial charge >= 0.3 is 0 Å². The summed E-state index contributed by atoms with van der Waals surface area (Å²) in [5.74, 6) is 0. The first-order valence-electron chi connectivity index (χ1n) is 3.91. The average Bonchev–Trinajstić information content (AvgIpc) is 1.84. The maximum atomic E-state index is 5.90. The average molecular weight is 129 g/mol. The van der Waals surface area contributed by atoms with Crippen molar-refractivity contribution in [2.24, 2.45) is 5.73 Å². The summed E-state index contributed by atoms with van der Waals surface area (Å²) in [7, 11) is 0. The van der Waals surface area contributed by atoms with E-state index in [1.807, 2.05) is 0 Å². The van der Waals surface area contributed by atoms with E-state index in [2.05, 4.69) is 20.8 Å². The second-order valence-corrected chi connectivity index (χ2v) is 3.11. The monoisotopic (exact) mass is 129 g/mol. The Hall–Kier alpha value is -0.0400. The first kappa shape index (κ1) is 8.96. The Morgan fingerprint density at radius 2 is 1.89 bits per heavy atom. The predicted molar refractivity (Wildman–Crippen MR) is 42.4 cm³/mol. The van der Waals surface area contributed by atoms with Crippen molar-refractivity contribution in [1.82, 2.24) is 0 Å². The van der Waals surface area contributed by atoms with E-state index in [4.69, 9.17) is 5.73 Å². The van der Waals surface area contributed by atoms with E-state index in [1.54, 1.807) is 0 Å². The van der Waals surface area contributed by atoms with Crippen LogP contribution in [-0.4, -0.2) is 5.54 Å². The SMILES string of the molecule is CCCC[C@](C)(N)CC. The molecular weight excluding hydrogens is 110 g/mol. The standard InChI is InChI=1S/C8H19N/c1-4-6-7-8(3,9)5-2/h4-7,9H2,1-3H3/t8-/m1/s1. The number of unbranched alkanes of at least 4 members (excludes halogenated alkanes) is 1. The maximum absolute atomic E-state index is 5.90. The van der Waals surface area contributed by atoms with E-state index in [0.717, 1.165) is 6.42 Å². The summed E-state index contributed by atoms with van der Waals surface area (Å²) >= 11 is 0. The van der Waals surface area contributed by atoms with Crippen LogP contribution < -0.4 is 5.73 Å². The minimum Gasteiger partial charge on any atom is -0.325 e. The summed E-state index contributed by atoms with van der Waals surface area (Å²) in [5.41, 5.74) is 6.00. The molecule has 1 nitrogen and oxygen atoms in total. The van der Waals surface area contributed by atoms with Gasteiger partial charge in [-0.15, -0.1) is 0 Å². The number of rotatable bonds is 4. The van der Waals surface area contributed by atoms with Gasteiger partial charge in [-0.3, -0.25) is 0 Å². The van der Waals surface area contributed by atoms with Crippen LogP contribution >= 0.6 is 0 Å². The lowest BCUT2D eigenvalue weighted by Gasteiger charge is -2.21. The molecule has 0 aromatic rings. The van der Waals surface area contributed by atoms with Crippen LogP contribution in [0.1, 0.15) is 46.5 Å². The van der Waals surface area contributed by atoms with Crippen LogP contribution in [0.5, 0.6) is 0 Å². The summed E-state index contributed by atoms with van der Waals surface area (Å²) in [5, 5.41) is 0. The van der Waals surface area contributed by atoms with Crippen LogP contribution in [0.3, 0.4) is 0 Å². The van der Waals surface area contributed by atoms with Crippen LogP contribution in [0.4, 0.5) is 0 Å². The lowest BCUT2D eigenvalue weighted by Crippen LogP contribution is -2.34. The number of hydrogen-bond donors (Lipinski definition) is 1. The largest absolute Gasteiger partial charge is 0.325 e. The van der Waals surface area contributed by atoms with Gasteiger partial charge in [0.15, 0.2) is 0 Å². The molecular formula is C8H19N. The molecule has 0 unspecified atom stereocenters. The van der Waals surface area contributed by atoms with Crippen molar-refractivity contribution in [1.29, 1.82) is 0 Å². The molecule has 0 aliphatic carbocycles. The molecule has 56 valence electrons. The lowest BCUT2D eigenvalue weighted by molar-refractivity contribution is 0.403. The van der Waals surface area contributed by atoms with Crippen LogP contribution in [0, 0.1) is 0 Å². The highest BCUT2D eigenvalue weighted by Gasteiger charge is 2.13. The van der Waals surface area contributed by atoms with Crippen molar-refractivity contribution in [3.8, 4) is 0 Å². The van der Waals surface area contributed by atoms with Gasteiger partial charge in [-0.1, -0.05) is 26.7 Å². The fraction of sp³-hybridized carbons (Fsp3) is 1.00. The molecule has 0 saturated heterocycles. The second-order valence-electron chi connectivity index (χ2n) is 3.11. The molecule has 0 aromatic carbocycles. The Labute approximate surface area is 58.6 Å². The predicted octanol–water partition coefficient (Wildman–Crippen LogP) is 2.30. The van der Waals surface area contributed by atoms with Gasteiger partial charge in [-0.25, -0.2) is 0 Å². The summed E-state index contributed by atoms with van der Waals surface area (Å²) in [6.45, 7) is 6.48. The highest BCUT2D eigenvalue weighted by molar-refractivity contribution is 4.75. The van der Waals surface area contributed by atoms with Gasteiger partial charge in [0, 0.05) is 5.54 Å². The van der Waals surface area contributed by atoms with E-state index in [9.17, 15) is 0 Å². The lowest BCUT2D eigenvalue weighted by atomic mass is 9.94. The molecule has 0 aliphatic rings.